The monoisotopic (exact) mass is 211 g/mol. The van der Waals surface area contributed by atoms with Crippen molar-refractivity contribution in [3.05, 3.63) is 18.2 Å². The summed E-state index contributed by atoms with van der Waals surface area (Å²) in [5.74, 6) is 1.03. The number of hydrogen-bond donors (Lipinski definition) is 2. The summed E-state index contributed by atoms with van der Waals surface area (Å²) in [4.78, 5) is 7.45. The van der Waals surface area contributed by atoms with Gasteiger partial charge in [-0.3, -0.25) is 0 Å². The van der Waals surface area contributed by atoms with Gasteiger partial charge < -0.3 is 15.0 Å². The standard InChI is InChI=1S/C11H21N3O/c1-3-6-12-10(5-4-9-15-2)11-13-7-8-14-11/h7-8,10,12H,3-6,9H2,1-2H3,(H,13,14). The van der Waals surface area contributed by atoms with Crippen LogP contribution in [0.3, 0.4) is 0 Å². The zero-order valence-electron chi connectivity index (χ0n) is 9.62. The second kappa shape index (κ2) is 7.43. The SMILES string of the molecule is CCCNC(CCCOC)c1ncc[nH]1. The molecule has 2 N–H and O–H groups in total. The highest BCUT2D eigenvalue weighted by Crippen LogP contribution is 2.14. The molecule has 1 aromatic rings. The van der Waals surface area contributed by atoms with Crippen LogP contribution in [0, 0.1) is 0 Å². The van der Waals surface area contributed by atoms with Gasteiger partial charge >= 0.3 is 0 Å². The molecule has 0 fully saturated rings. The van der Waals surface area contributed by atoms with Gasteiger partial charge in [0, 0.05) is 26.1 Å². The van der Waals surface area contributed by atoms with Crippen molar-refractivity contribution < 1.29 is 4.74 Å². The van der Waals surface area contributed by atoms with E-state index in [1.165, 1.54) is 0 Å². The molecule has 1 heterocycles. The molecule has 4 nitrogen and oxygen atoms in total. The van der Waals surface area contributed by atoms with Crippen molar-refractivity contribution in [3.63, 3.8) is 0 Å². The van der Waals surface area contributed by atoms with Crippen molar-refractivity contribution in [2.45, 2.75) is 32.2 Å². The number of nitrogens with zero attached hydrogens (tertiary/aromatic N) is 1. The first-order chi connectivity index (χ1) is 7.38. The topological polar surface area (TPSA) is 49.9 Å². The Morgan fingerprint density at radius 2 is 2.47 bits per heavy atom. The maximum atomic E-state index is 5.06. The lowest BCUT2D eigenvalue weighted by Gasteiger charge is -2.15. The van der Waals surface area contributed by atoms with Crippen LogP contribution in [-0.2, 0) is 4.74 Å². The minimum atomic E-state index is 0.329. The van der Waals surface area contributed by atoms with Gasteiger partial charge in [-0.15, -0.1) is 0 Å². The van der Waals surface area contributed by atoms with Gasteiger partial charge in [0.05, 0.1) is 6.04 Å². The molecule has 0 saturated carbocycles. The predicted octanol–water partition coefficient (Wildman–Crippen LogP) is 1.88. The number of aromatic nitrogens is 2. The zero-order valence-corrected chi connectivity index (χ0v) is 9.62. The summed E-state index contributed by atoms with van der Waals surface area (Å²) in [5, 5.41) is 3.48. The second-order valence-electron chi connectivity index (χ2n) is 3.62. The van der Waals surface area contributed by atoms with Gasteiger partial charge in [0.15, 0.2) is 0 Å². The lowest BCUT2D eigenvalue weighted by Crippen LogP contribution is -2.23. The third-order valence-corrected chi connectivity index (χ3v) is 2.33. The van der Waals surface area contributed by atoms with Crippen LogP contribution in [0.1, 0.15) is 38.1 Å². The van der Waals surface area contributed by atoms with Gasteiger partial charge in [-0.2, -0.15) is 0 Å². The smallest absolute Gasteiger partial charge is 0.123 e. The number of imidazole rings is 1. The van der Waals surface area contributed by atoms with Crippen LogP contribution in [-0.4, -0.2) is 30.2 Å². The number of methoxy groups -OCH3 is 1. The fraction of sp³-hybridized carbons (Fsp3) is 0.727. The normalized spacial score (nSPS) is 12.9. The molecule has 0 saturated heterocycles. The number of rotatable bonds is 8. The van der Waals surface area contributed by atoms with Crippen LogP contribution in [0.25, 0.3) is 0 Å². The van der Waals surface area contributed by atoms with E-state index < -0.39 is 0 Å². The molecule has 1 unspecified atom stereocenters. The number of hydrogen-bond acceptors (Lipinski definition) is 3. The Hall–Kier alpha value is -0.870. The Labute approximate surface area is 91.4 Å². The molecule has 1 aromatic heterocycles. The molecule has 0 aromatic carbocycles. The van der Waals surface area contributed by atoms with Gasteiger partial charge in [0.2, 0.25) is 0 Å². The molecule has 0 aliphatic rings. The molecule has 1 atom stereocenters. The quantitative estimate of drug-likeness (QED) is 0.645. The minimum Gasteiger partial charge on any atom is -0.385 e. The van der Waals surface area contributed by atoms with Crippen molar-refractivity contribution >= 4 is 0 Å². The first-order valence-electron chi connectivity index (χ1n) is 5.60. The van der Waals surface area contributed by atoms with Gasteiger partial charge in [0.25, 0.3) is 0 Å². The van der Waals surface area contributed by atoms with Gasteiger partial charge in [-0.25, -0.2) is 4.98 Å². The van der Waals surface area contributed by atoms with E-state index in [0.29, 0.717) is 6.04 Å². The first kappa shape index (κ1) is 12.2. The molecule has 1 rings (SSSR count). The van der Waals surface area contributed by atoms with Gasteiger partial charge in [-0.05, 0) is 25.8 Å². The van der Waals surface area contributed by atoms with E-state index in [4.69, 9.17) is 4.74 Å². The molecule has 86 valence electrons. The average Bonchev–Trinajstić information content (AvgIpc) is 2.76. The summed E-state index contributed by atoms with van der Waals surface area (Å²) in [6, 6.07) is 0.329. The number of ether oxygens (including phenoxy) is 1. The van der Waals surface area contributed by atoms with E-state index in [-0.39, 0.29) is 0 Å². The van der Waals surface area contributed by atoms with Crippen molar-refractivity contribution in [2.24, 2.45) is 0 Å². The van der Waals surface area contributed by atoms with Crippen LogP contribution < -0.4 is 5.32 Å². The molecule has 0 spiro atoms. The highest BCUT2D eigenvalue weighted by Gasteiger charge is 2.11. The molecule has 0 aliphatic heterocycles. The fourth-order valence-corrected chi connectivity index (χ4v) is 1.55. The lowest BCUT2D eigenvalue weighted by atomic mass is 10.1. The van der Waals surface area contributed by atoms with E-state index in [9.17, 15) is 0 Å². The van der Waals surface area contributed by atoms with Crippen molar-refractivity contribution in [1.82, 2.24) is 15.3 Å². The van der Waals surface area contributed by atoms with E-state index in [1.54, 1.807) is 13.3 Å². The van der Waals surface area contributed by atoms with E-state index in [1.807, 2.05) is 6.20 Å². The molecular weight excluding hydrogens is 190 g/mol. The van der Waals surface area contributed by atoms with E-state index in [2.05, 4.69) is 22.2 Å². The number of nitrogens with one attached hydrogen (secondary N) is 2. The summed E-state index contributed by atoms with van der Waals surface area (Å²) in [5.41, 5.74) is 0. The van der Waals surface area contributed by atoms with Crippen molar-refractivity contribution in [2.75, 3.05) is 20.3 Å². The summed E-state index contributed by atoms with van der Waals surface area (Å²) in [6.45, 7) is 4.00. The van der Waals surface area contributed by atoms with Gasteiger partial charge in [0.1, 0.15) is 5.82 Å². The summed E-state index contributed by atoms with van der Waals surface area (Å²) in [7, 11) is 1.74. The maximum Gasteiger partial charge on any atom is 0.123 e. The van der Waals surface area contributed by atoms with Crippen molar-refractivity contribution in [3.8, 4) is 0 Å². The third-order valence-electron chi connectivity index (χ3n) is 2.33. The van der Waals surface area contributed by atoms with Crippen molar-refractivity contribution in [1.29, 1.82) is 0 Å². The number of aromatic amines is 1. The van der Waals surface area contributed by atoms with Crippen LogP contribution in [0.2, 0.25) is 0 Å². The van der Waals surface area contributed by atoms with Crippen LogP contribution in [0.15, 0.2) is 12.4 Å². The highest BCUT2D eigenvalue weighted by atomic mass is 16.5. The van der Waals surface area contributed by atoms with E-state index in [0.717, 1.165) is 38.2 Å². The number of H-pyrrole nitrogens is 1. The lowest BCUT2D eigenvalue weighted by molar-refractivity contribution is 0.188. The molecule has 15 heavy (non-hydrogen) atoms. The average molecular weight is 211 g/mol. The molecule has 0 radical (unpaired) electrons. The van der Waals surface area contributed by atoms with Crippen LogP contribution in [0.4, 0.5) is 0 Å². The third kappa shape index (κ3) is 4.44. The second-order valence-corrected chi connectivity index (χ2v) is 3.62. The predicted molar refractivity (Wildman–Crippen MR) is 60.7 cm³/mol. The first-order valence-corrected chi connectivity index (χ1v) is 5.60. The summed E-state index contributed by atoms with van der Waals surface area (Å²) in [6.07, 6.45) is 6.92. The summed E-state index contributed by atoms with van der Waals surface area (Å²) >= 11 is 0. The largest absolute Gasteiger partial charge is 0.385 e. The van der Waals surface area contributed by atoms with Gasteiger partial charge in [-0.1, -0.05) is 6.92 Å². The summed E-state index contributed by atoms with van der Waals surface area (Å²) < 4.78 is 5.06. The van der Waals surface area contributed by atoms with E-state index >= 15 is 0 Å². The zero-order chi connectivity index (χ0) is 10.9. The Kier molecular flexibility index (Phi) is 6.04. The fourth-order valence-electron chi connectivity index (χ4n) is 1.55. The minimum absolute atomic E-state index is 0.329. The Morgan fingerprint density at radius 1 is 1.60 bits per heavy atom. The van der Waals surface area contributed by atoms with Crippen LogP contribution in [0.5, 0.6) is 0 Å². The Balaban J connectivity index is 2.39. The molecule has 0 amide bonds. The maximum absolute atomic E-state index is 5.06. The molecule has 4 heteroatoms. The molecular formula is C11H21N3O. The Morgan fingerprint density at radius 3 is 3.07 bits per heavy atom. The Bertz CT molecular complexity index is 236. The molecule has 0 aliphatic carbocycles. The molecule has 0 bridgehead atoms. The highest BCUT2D eigenvalue weighted by molar-refractivity contribution is 4.95. The van der Waals surface area contributed by atoms with Crippen LogP contribution >= 0.6 is 0 Å².